The molecule has 0 aliphatic carbocycles. The van der Waals surface area contributed by atoms with Crippen LogP contribution in [-0.4, -0.2) is 71.3 Å². The molecule has 1 amide bonds. The molecule has 23 heavy (non-hydrogen) atoms. The maximum absolute atomic E-state index is 12.9. The number of amides is 1. The molecule has 2 aliphatic rings. The predicted octanol–water partition coefficient (Wildman–Crippen LogP) is 1.16. The standard InChI is InChI=1S/C16H20N4O3/c1-19-7-8-20(11-16(19)4-9-22-10-5-16)15(21)13-12-3-2-6-17-14(12)18-23-13/h2-3,6H,4-5,7-11H2,1H3. The number of aromatic nitrogens is 2. The van der Waals surface area contributed by atoms with Crippen LogP contribution in [0.1, 0.15) is 23.4 Å². The number of carbonyl (C=O) groups is 1. The highest BCUT2D eigenvalue weighted by atomic mass is 16.5. The molecule has 2 fully saturated rings. The second-order valence-electron chi connectivity index (χ2n) is 6.37. The van der Waals surface area contributed by atoms with Gasteiger partial charge in [0.05, 0.1) is 5.39 Å². The minimum atomic E-state index is -0.0977. The van der Waals surface area contributed by atoms with Crippen LogP contribution in [0.3, 0.4) is 0 Å². The van der Waals surface area contributed by atoms with Crippen molar-refractivity contribution in [2.75, 3.05) is 39.9 Å². The third-order valence-electron chi connectivity index (χ3n) is 5.16. The molecular formula is C16H20N4O3. The fraction of sp³-hybridized carbons (Fsp3) is 0.562. The summed E-state index contributed by atoms with van der Waals surface area (Å²) in [4.78, 5) is 21.3. The summed E-state index contributed by atoms with van der Waals surface area (Å²) >= 11 is 0. The zero-order chi connectivity index (χ0) is 15.9. The minimum absolute atomic E-state index is 0.0141. The first-order valence-corrected chi connectivity index (χ1v) is 7.98. The third kappa shape index (κ3) is 2.40. The topological polar surface area (TPSA) is 71.7 Å². The van der Waals surface area contributed by atoms with Gasteiger partial charge in [0, 0.05) is 44.6 Å². The maximum Gasteiger partial charge on any atom is 0.293 e. The van der Waals surface area contributed by atoms with Gasteiger partial charge in [-0.3, -0.25) is 9.69 Å². The second-order valence-corrected chi connectivity index (χ2v) is 6.37. The highest BCUT2D eigenvalue weighted by Gasteiger charge is 2.43. The summed E-state index contributed by atoms with van der Waals surface area (Å²) in [6, 6.07) is 3.62. The molecule has 0 atom stereocenters. The van der Waals surface area contributed by atoms with Gasteiger partial charge in [-0.2, -0.15) is 0 Å². The number of rotatable bonds is 1. The van der Waals surface area contributed by atoms with Crippen LogP contribution in [0.2, 0.25) is 0 Å². The summed E-state index contributed by atoms with van der Waals surface area (Å²) in [5.74, 6) is 0.194. The zero-order valence-corrected chi connectivity index (χ0v) is 13.2. The van der Waals surface area contributed by atoms with Crippen molar-refractivity contribution in [2.45, 2.75) is 18.4 Å². The molecule has 0 N–H and O–H groups in total. The molecule has 122 valence electrons. The van der Waals surface area contributed by atoms with Crippen LogP contribution in [0, 0.1) is 0 Å². The summed E-state index contributed by atoms with van der Waals surface area (Å²) in [7, 11) is 2.14. The van der Waals surface area contributed by atoms with E-state index in [9.17, 15) is 4.79 Å². The van der Waals surface area contributed by atoms with E-state index in [2.05, 4.69) is 22.1 Å². The van der Waals surface area contributed by atoms with E-state index < -0.39 is 0 Å². The number of hydrogen-bond acceptors (Lipinski definition) is 6. The fourth-order valence-corrected chi connectivity index (χ4v) is 3.61. The molecular weight excluding hydrogens is 296 g/mol. The number of pyridine rings is 1. The Morgan fingerprint density at radius 1 is 1.30 bits per heavy atom. The quantitative estimate of drug-likeness (QED) is 0.786. The molecule has 0 unspecified atom stereocenters. The molecule has 0 aromatic carbocycles. The fourth-order valence-electron chi connectivity index (χ4n) is 3.61. The number of nitrogens with zero attached hydrogens (tertiary/aromatic N) is 4. The monoisotopic (exact) mass is 316 g/mol. The van der Waals surface area contributed by atoms with Gasteiger partial charge in [0.1, 0.15) is 0 Å². The number of ether oxygens (including phenoxy) is 1. The van der Waals surface area contributed by atoms with Gasteiger partial charge in [-0.1, -0.05) is 5.16 Å². The average molecular weight is 316 g/mol. The molecule has 2 aromatic heterocycles. The van der Waals surface area contributed by atoms with Crippen molar-refractivity contribution in [3.63, 3.8) is 0 Å². The van der Waals surface area contributed by atoms with Gasteiger partial charge in [0.25, 0.3) is 5.91 Å². The molecule has 2 aliphatic heterocycles. The highest BCUT2D eigenvalue weighted by molar-refractivity contribution is 6.02. The first-order chi connectivity index (χ1) is 11.2. The molecule has 4 heterocycles. The van der Waals surface area contributed by atoms with E-state index in [0.717, 1.165) is 32.6 Å². The van der Waals surface area contributed by atoms with E-state index in [0.29, 0.717) is 29.9 Å². The molecule has 7 nitrogen and oxygen atoms in total. The van der Waals surface area contributed by atoms with Gasteiger partial charge >= 0.3 is 0 Å². The Bertz CT molecular complexity index is 723. The first kappa shape index (κ1) is 14.6. The van der Waals surface area contributed by atoms with Crippen LogP contribution in [0.15, 0.2) is 22.9 Å². The van der Waals surface area contributed by atoms with Crippen molar-refractivity contribution in [1.82, 2.24) is 19.9 Å². The number of likely N-dealkylation sites (N-methyl/N-ethyl adjacent to an activating group) is 1. The van der Waals surface area contributed by atoms with Crippen LogP contribution < -0.4 is 0 Å². The number of fused-ring (bicyclic) bond motifs is 1. The summed E-state index contributed by atoms with van der Waals surface area (Å²) in [5, 5.41) is 4.57. The lowest BCUT2D eigenvalue weighted by atomic mass is 9.86. The summed E-state index contributed by atoms with van der Waals surface area (Å²) in [5.41, 5.74) is 0.492. The Morgan fingerprint density at radius 3 is 2.96 bits per heavy atom. The molecule has 0 bridgehead atoms. The number of carbonyl (C=O) groups excluding carboxylic acids is 1. The lowest BCUT2D eigenvalue weighted by molar-refractivity contribution is -0.0548. The Hall–Kier alpha value is -1.99. The molecule has 7 heteroatoms. The zero-order valence-electron chi connectivity index (χ0n) is 13.2. The first-order valence-electron chi connectivity index (χ1n) is 7.98. The number of hydrogen-bond donors (Lipinski definition) is 0. The van der Waals surface area contributed by atoms with Crippen molar-refractivity contribution in [3.05, 3.63) is 24.1 Å². The van der Waals surface area contributed by atoms with E-state index in [1.807, 2.05) is 11.0 Å². The van der Waals surface area contributed by atoms with E-state index in [1.54, 1.807) is 12.3 Å². The molecule has 4 rings (SSSR count). The van der Waals surface area contributed by atoms with E-state index in [1.165, 1.54) is 0 Å². The van der Waals surface area contributed by atoms with Gasteiger partial charge in [-0.25, -0.2) is 4.98 Å². The minimum Gasteiger partial charge on any atom is -0.381 e. The van der Waals surface area contributed by atoms with Crippen LogP contribution in [0.4, 0.5) is 0 Å². The average Bonchev–Trinajstić information content (AvgIpc) is 3.02. The van der Waals surface area contributed by atoms with Crippen molar-refractivity contribution in [1.29, 1.82) is 0 Å². The molecule has 1 spiro atoms. The second kappa shape index (κ2) is 5.58. The molecule has 2 aromatic rings. The van der Waals surface area contributed by atoms with Gasteiger partial charge in [-0.05, 0) is 32.0 Å². The predicted molar refractivity (Wildman–Crippen MR) is 83.1 cm³/mol. The molecule has 0 saturated carbocycles. The SMILES string of the molecule is CN1CCN(C(=O)c2onc3ncccc23)CC12CCOCC2. The van der Waals surface area contributed by atoms with Crippen LogP contribution >= 0.6 is 0 Å². The van der Waals surface area contributed by atoms with E-state index in [-0.39, 0.29) is 11.4 Å². The summed E-state index contributed by atoms with van der Waals surface area (Å²) in [6.45, 7) is 3.76. The van der Waals surface area contributed by atoms with Gasteiger partial charge < -0.3 is 14.2 Å². The highest BCUT2D eigenvalue weighted by Crippen LogP contribution is 2.31. The van der Waals surface area contributed by atoms with Crippen molar-refractivity contribution >= 4 is 16.9 Å². The van der Waals surface area contributed by atoms with E-state index in [4.69, 9.17) is 9.26 Å². The van der Waals surface area contributed by atoms with Gasteiger partial charge in [0.15, 0.2) is 0 Å². The Kier molecular flexibility index (Phi) is 3.54. The molecule has 0 radical (unpaired) electrons. The van der Waals surface area contributed by atoms with Gasteiger partial charge in [0.2, 0.25) is 11.4 Å². The smallest absolute Gasteiger partial charge is 0.293 e. The van der Waals surface area contributed by atoms with Crippen molar-refractivity contribution in [2.24, 2.45) is 0 Å². The van der Waals surface area contributed by atoms with Crippen LogP contribution in [0.5, 0.6) is 0 Å². The maximum atomic E-state index is 12.9. The third-order valence-corrected chi connectivity index (χ3v) is 5.16. The largest absolute Gasteiger partial charge is 0.381 e. The Morgan fingerprint density at radius 2 is 2.13 bits per heavy atom. The van der Waals surface area contributed by atoms with Crippen LogP contribution in [0.25, 0.3) is 11.0 Å². The van der Waals surface area contributed by atoms with Gasteiger partial charge in [-0.15, -0.1) is 0 Å². The van der Waals surface area contributed by atoms with Crippen LogP contribution in [-0.2, 0) is 4.74 Å². The summed E-state index contributed by atoms with van der Waals surface area (Å²) < 4.78 is 10.8. The summed E-state index contributed by atoms with van der Waals surface area (Å²) in [6.07, 6.45) is 3.55. The van der Waals surface area contributed by atoms with Crippen molar-refractivity contribution < 1.29 is 14.1 Å². The Labute approximate surface area is 134 Å². The Balaban J connectivity index is 1.61. The number of piperazine rings is 1. The lowest BCUT2D eigenvalue weighted by Crippen LogP contribution is -2.63. The van der Waals surface area contributed by atoms with E-state index >= 15 is 0 Å². The van der Waals surface area contributed by atoms with Crippen molar-refractivity contribution in [3.8, 4) is 0 Å². The lowest BCUT2D eigenvalue weighted by Gasteiger charge is -2.51. The molecule has 2 saturated heterocycles. The normalized spacial score (nSPS) is 21.9.